The van der Waals surface area contributed by atoms with E-state index in [4.69, 9.17) is 0 Å². The van der Waals surface area contributed by atoms with Gasteiger partial charge in [-0.25, -0.2) is 4.98 Å². The fourth-order valence-electron chi connectivity index (χ4n) is 2.60. The topological polar surface area (TPSA) is 53.5 Å². The number of carbonyl (C=O) groups excluding carboxylic acids is 2. The second kappa shape index (κ2) is 6.27. The second-order valence-corrected chi connectivity index (χ2v) is 6.08. The average molecular weight is 315 g/mol. The highest BCUT2D eigenvalue weighted by atomic mass is 32.1. The van der Waals surface area contributed by atoms with Gasteiger partial charge in [-0.15, -0.1) is 11.3 Å². The lowest BCUT2D eigenvalue weighted by atomic mass is 10.1. The first-order valence-corrected chi connectivity index (χ1v) is 8.08. The molecule has 0 N–H and O–H groups in total. The third-order valence-corrected chi connectivity index (χ3v) is 4.45. The van der Waals surface area contributed by atoms with Crippen LogP contribution in [-0.4, -0.2) is 39.2 Å². The van der Waals surface area contributed by atoms with E-state index in [2.05, 4.69) is 4.98 Å². The van der Waals surface area contributed by atoms with Crippen molar-refractivity contribution in [1.29, 1.82) is 0 Å². The molecule has 114 valence electrons. The summed E-state index contributed by atoms with van der Waals surface area (Å²) in [6, 6.07) is 9.28. The molecule has 1 aliphatic rings. The Morgan fingerprint density at radius 3 is 2.68 bits per heavy atom. The molecule has 3 rings (SSSR count). The Labute approximate surface area is 133 Å². The lowest BCUT2D eigenvalue weighted by Gasteiger charge is -2.38. The van der Waals surface area contributed by atoms with Gasteiger partial charge in [0, 0.05) is 11.9 Å². The van der Waals surface area contributed by atoms with Gasteiger partial charge in [0.25, 0.3) is 0 Å². The zero-order valence-electron chi connectivity index (χ0n) is 12.3. The summed E-state index contributed by atoms with van der Waals surface area (Å²) in [6.07, 6.45) is 0. The molecule has 1 aromatic carbocycles. The van der Waals surface area contributed by atoms with Crippen LogP contribution in [0.5, 0.6) is 0 Å². The number of thiazole rings is 1. The summed E-state index contributed by atoms with van der Waals surface area (Å²) >= 11 is 1.49. The smallest absolute Gasteiger partial charge is 0.245 e. The molecular weight excluding hydrogens is 298 g/mol. The molecule has 0 saturated carbocycles. The number of benzene rings is 1. The molecule has 1 aliphatic heterocycles. The van der Waals surface area contributed by atoms with E-state index in [0.29, 0.717) is 13.1 Å². The van der Waals surface area contributed by atoms with E-state index in [1.165, 1.54) is 11.3 Å². The Balaban J connectivity index is 1.71. The summed E-state index contributed by atoms with van der Waals surface area (Å²) in [5, 5.41) is 1.90. The van der Waals surface area contributed by atoms with E-state index in [0.717, 1.165) is 11.3 Å². The van der Waals surface area contributed by atoms with Crippen molar-refractivity contribution in [1.82, 2.24) is 14.8 Å². The van der Waals surface area contributed by atoms with E-state index in [1.54, 1.807) is 22.2 Å². The number of aromatic nitrogens is 1. The lowest BCUT2D eigenvalue weighted by molar-refractivity contribution is -0.156. The van der Waals surface area contributed by atoms with E-state index in [9.17, 15) is 9.59 Å². The van der Waals surface area contributed by atoms with Crippen LogP contribution in [0.4, 0.5) is 0 Å². The predicted octanol–water partition coefficient (Wildman–Crippen LogP) is 1.90. The highest BCUT2D eigenvalue weighted by Gasteiger charge is 2.36. The van der Waals surface area contributed by atoms with Gasteiger partial charge in [-0.3, -0.25) is 9.59 Å². The molecule has 0 unspecified atom stereocenters. The van der Waals surface area contributed by atoms with E-state index in [-0.39, 0.29) is 18.4 Å². The van der Waals surface area contributed by atoms with Gasteiger partial charge < -0.3 is 9.80 Å². The van der Waals surface area contributed by atoms with Crippen LogP contribution in [0.25, 0.3) is 0 Å². The van der Waals surface area contributed by atoms with Crippen molar-refractivity contribution in [2.24, 2.45) is 0 Å². The first-order chi connectivity index (χ1) is 10.6. The third-order valence-electron chi connectivity index (χ3n) is 3.82. The van der Waals surface area contributed by atoms with Gasteiger partial charge in [0.1, 0.15) is 12.6 Å². The fourth-order valence-corrected chi connectivity index (χ4v) is 3.15. The molecular formula is C16H17N3O2S. The quantitative estimate of drug-likeness (QED) is 0.866. The number of carbonyl (C=O) groups is 2. The van der Waals surface area contributed by atoms with E-state index in [1.807, 2.05) is 35.7 Å². The Morgan fingerprint density at radius 2 is 2.00 bits per heavy atom. The van der Waals surface area contributed by atoms with Gasteiger partial charge in [0.2, 0.25) is 11.8 Å². The Bertz CT molecular complexity index is 657. The maximum absolute atomic E-state index is 12.5. The van der Waals surface area contributed by atoms with Crippen molar-refractivity contribution in [2.75, 3.05) is 6.54 Å². The largest absolute Gasteiger partial charge is 0.327 e. The lowest BCUT2D eigenvalue weighted by Crippen LogP contribution is -2.58. The summed E-state index contributed by atoms with van der Waals surface area (Å²) in [4.78, 5) is 32.3. The number of rotatable bonds is 4. The van der Waals surface area contributed by atoms with Crippen LogP contribution in [0.1, 0.15) is 18.2 Å². The maximum atomic E-state index is 12.5. The minimum Gasteiger partial charge on any atom is -0.327 e. The van der Waals surface area contributed by atoms with Crippen molar-refractivity contribution < 1.29 is 9.59 Å². The zero-order chi connectivity index (χ0) is 15.5. The molecule has 0 bridgehead atoms. The Hall–Kier alpha value is -2.21. The summed E-state index contributed by atoms with van der Waals surface area (Å²) in [5.74, 6) is -0.0466. The molecule has 6 heteroatoms. The van der Waals surface area contributed by atoms with Gasteiger partial charge in [-0.05, 0) is 12.5 Å². The highest BCUT2D eigenvalue weighted by Crippen LogP contribution is 2.18. The average Bonchev–Trinajstić information content (AvgIpc) is 3.03. The molecule has 1 aromatic heterocycles. The monoisotopic (exact) mass is 315 g/mol. The van der Waals surface area contributed by atoms with Crippen LogP contribution >= 0.6 is 11.3 Å². The summed E-state index contributed by atoms with van der Waals surface area (Å²) in [6.45, 7) is 2.78. The standard InChI is InChI=1S/C16H17N3O2S/c1-12-16(21)18(7-13-5-3-2-4-6-13)9-15(20)19(12)8-14-10-22-11-17-14/h2-6,10-12H,7-9H2,1H3/t12-/m1/s1. The number of piperazine rings is 1. The van der Waals surface area contributed by atoms with Gasteiger partial charge in [-0.2, -0.15) is 0 Å². The minimum absolute atomic E-state index is 0.0151. The van der Waals surface area contributed by atoms with Crippen LogP contribution in [-0.2, 0) is 22.7 Å². The highest BCUT2D eigenvalue weighted by molar-refractivity contribution is 7.07. The molecule has 5 nitrogen and oxygen atoms in total. The van der Waals surface area contributed by atoms with Gasteiger partial charge in [0.05, 0.1) is 17.7 Å². The van der Waals surface area contributed by atoms with Gasteiger partial charge in [-0.1, -0.05) is 30.3 Å². The molecule has 2 heterocycles. The van der Waals surface area contributed by atoms with Gasteiger partial charge >= 0.3 is 0 Å². The first-order valence-electron chi connectivity index (χ1n) is 7.14. The Morgan fingerprint density at radius 1 is 1.23 bits per heavy atom. The number of hydrogen-bond acceptors (Lipinski definition) is 4. The molecule has 0 radical (unpaired) electrons. The molecule has 22 heavy (non-hydrogen) atoms. The van der Waals surface area contributed by atoms with Crippen molar-refractivity contribution in [3.63, 3.8) is 0 Å². The molecule has 1 saturated heterocycles. The molecule has 0 spiro atoms. The number of amides is 2. The fraction of sp³-hybridized carbons (Fsp3) is 0.312. The molecule has 2 amide bonds. The third kappa shape index (κ3) is 3.01. The normalized spacial score (nSPS) is 18.9. The van der Waals surface area contributed by atoms with E-state index < -0.39 is 6.04 Å². The van der Waals surface area contributed by atoms with E-state index >= 15 is 0 Å². The first kappa shape index (κ1) is 14.7. The van der Waals surface area contributed by atoms with Crippen LogP contribution in [0.2, 0.25) is 0 Å². The van der Waals surface area contributed by atoms with Crippen molar-refractivity contribution >= 4 is 23.2 Å². The van der Waals surface area contributed by atoms with Crippen LogP contribution in [0.15, 0.2) is 41.2 Å². The SMILES string of the molecule is C[C@@H]1C(=O)N(Cc2ccccc2)CC(=O)N1Cc1cscn1. The summed E-state index contributed by atoms with van der Waals surface area (Å²) in [5.41, 5.74) is 3.59. The van der Waals surface area contributed by atoms with Crippen molar-refractivity contribution in [3.05, 3.63) is 52.5 Å². The number of nitrogens with zero attached hydrogens (tertiary/aromatic N) is 3. The molecule has 1 fully saturated rings. The summed E-state index contributed by atoms with van der Waals surface area (Å²) in [7, 11) is 0. The second-order valence-electron chi connectivity index (χ2n) is 5.36. The van der Waals surface area contributed by atoms with Gasteiger partial charge in [0.15, 0.2) is 0 Å². The Kier molecular flexibility index (Phi) is 4.20. The predicted molar refractivity (Wildman–Crippen MR) is 84.0 cm³/mol. The van der Waals surface area contributed by atoms with Crippen LogP contribution in [0.3, 0.4) is 0 Å². The summed E-state index contributed by atoms with van der Waals surface area (Å²) < 4.78 is 0. The molecule has 0 aliphatic carbocycles. The van der Waals surface area contributed by atoms with Crippen molar-refractivity contribution in [2.45, 2.75) is 26.1 Å². The maximum Gasteiger partial charge on any atom is 0.245 e. The number of hydrogen-bond donors (Lipinski definition) is 0. The molecule has 1 atom stereocenters. The van der Waals surface area contributed by atoms with Crippen LogP contribution < -0.4 is 0 Å². The minimum atomic E-state index is -0.452. The van der Waals surface area contributed by atoms with Crippen molar-refractivity contribution in [3.8, 4) is 0 Å². The molecule has 2 aromatic rings. The zero-order valence-corrected chi connectivity index (χ0v) is 13.1. The van der Waals surface area contributed by atoms with Crippen LogP contribution in [0, 0.1) is 0 Å².